The Morgan fingerprint density at radius 2 is 2.12 bits per heavy atom. The highest BCUT2D eigenvalue weighted by Crippen LogP contribution is 2.02. The van der Waals surface area contributed by atoms with Crippen LogP contribution in [-0.4, -0.2) is 11.9 Å². The van der Waals surface area contributed by atoms with Crippen molar-refractivity contribution in [2.45, 2.75) is 19.4 Å². The average Bonchev–Trinajstić information content (AvgIpc) is 2.76. The second-order valence-corrected chi connectivity index (χ2v) is 3.71. The van der Waals surface area contributed by atoms with Crippen molar-refractivity contribution >= 4 is 0 Å². The van der Waals surface area contributed by atoms with Gasteiger partial charge in [-0.15, -0.1) is 0 Å². The van der Waals surface area contributed by atoms with Crippen LogP contribution < -0.4 is 4.85 Å². The molecule has 0 radical (unpaired) electrons. The van der Waals surface area contributed by atoms with E-state index in [9.17, 15) is 5.21 Å². The lowest BCUT2D eigenvalue weighted by Crippen LogP contribution is -2.25. The molecule has 2 rings (SSSR count). The molecular formula is C12H14N2O3. The van der Waals surface area contributed by atoms with Crippen molar-refractivity contribution in [3.05, 3.63) is 53.1 Å². The molecule has 0 N–H and O–H groups in total. The smallest absolute Gasteiger partial charge is 0.254 e. The summed E-state index contributed by atoms with van der Waals surface area (Å²) >= 11 is 0. The van der Waals surface area contributed by atoms with Gasteiger partial charge in [-0.2, -0.15) is 0 Å². The topological polar surface area (TPSA) is 62.2 Å². The first-order chi connectivity index (χ1) is 8.34. The van der Waals surface area contributed by atoms with Gasteiger partial charge < -0.3 is 14.5 Å². The van der Waals surface area contributed by atoms with E-state index in [0.717, 1.165) is 12.0 Å². The van der Waals surface area contributed by atoms with Crippen molar-refractivity contribution in [1.82, 2.24) is 5.27 Å². The fraction of sp³-hybridized carbons (Fsp3) is 0.333. The molecule has 1 aromatic carbocycles. The number of nitrogens with zero attached hydrogens (tertiary/aromatic N) is 2. The summed E-state index contributed by atoms with van der Waals surface area (Å²) in [6.07, 6.45) is 2.80. The number of benzene rings is 1. The molecule has 0 bridgehead atoms. The van der Waals surface area contributed by atoms with E-state index < -0.39 is 0 Å². The zero-order valence-corrected chi connectivity index (χ0v) is 9.41. The third-order valence-corrected chi connectivity index (χ3v) is 2.32. The number of hydrogen-bond acceptors (Lipinski definition) is 4. The average molecular weight is 234 g/mol. The second-order valence-electron chi connectivity index (χ2n) is 3.71. The lowest BCUT2D eigenvalue weighted by atomic mass is 10.2. The Bertz CT molecular complexity index is 442. The zero-order valence-electron chi connectivity index (χ0n) is 9.41. The van der Waals surface area contributed by atoms with E-state index in [-0.39, 0.29) is 0 Å². The molecule has 0 unspecified atom stereocenters. The monoisotopic (exact) mass is 234 g/mol. The summed E-state index contributed by atoms with van der Waals surface area (Å²) in [7, 11) is 0. The van der Waals surface area contributed by atoms with Crippen LogP contribution >= 0.6 is 0 Å². The lowest BCUT2D eigenvalue weighted by molar-refractivity contribution is -0.679. The van der Waals surface area contributed by atoms with E-state index in [1.807, 2.05) is 30.3 Å². The Labute approximate surface area is 99.2 Å². The number of ether oxygens (including phenoxy) is 1. The van der Waals surface area contributed by atoms with Crippen LogP contribution in [-0.2, 0) is 17.8 Å². The van der Waals surface area contributed by atoms with Crippen molar-refractivity contribution in [2.24, 2.45) is 0 Å². The number of rotatable bonds is 6. The van der Waals surface area contributed by atoms with Crippen LogP contribution in [0.1, 0.15) is 17.7 Å². The number of aromatic nitrogens is 2. The predicted molar refractivity (Wildman–Crippen MR) is 59.9 cm³/mol. The quantitative estimate of drug-likeness (QED) is 0.431. The summed E-state index contributed by atoms with van der Waals surface area (Å²) in [5, 5.41) is 13.9. The summed E-state index contributed by atoms with van der Waals surface area (Å²) < 4.78 is 10.3. The minimum absolute atomic E-state index is 0.417. The molecule has 1 aromatic heterocycles. The van der Waals surface area contributed by atoms with Gasteiger partial charge in [0.05, 0.1) is 6.61 Å². The number of aryl methyl sites for hydroxylation is 1. The van der Waals surface area contributed by atoms with Gasteiger partial charge in [0.1, 0.15) is 0 Å². The Morgan fingerprint density at radius 1 is 1.29 bits per heavy atom. The van der Waals surface area contributed by atoms with Crippen LogP contribution in [0, 0.1) is 5.21 Å². The molecule has 5 nitrogen and oxygen atoms in total. The van der Waals surface area contributed by atoms with E-state index in [1.54, 1.807) is 0 Å². The largest absolute Gasteiger partial charge is 0.592 e. The predicted octanol–water partition coefficient (Wildman–Crippen LogP) is 1.46. The molecule has 0 aliphatic heterocycles. The summed E-state index contributed by atoms with van der Waals surface area (Å²) in [4.78, 5) is 0.417. The maximum Gasteiger partial charge on any atom is 0.254 e. The van der Waals surface area contributed by atoms with Crippen molar-refractivity contribution in [3.8, 4) is 0 Å². The molecule has 1 heterocycles. The van der Waals surface area contributed by atoms with Crippen molar-refractivity contribution < 1.29 is 14.1 Å². The molecule has 90 valence electrons. The molecule has 0 aliphatic rings. The summed E-state index contributed by atoms with van der Waals surface area (Å²) in [6.45, 7) is 1.24. The zero-order chi connectivity index (χ0) is 11.9. The van der Waals surface area contributed by atoms with E-state index in [2.05, 4.69) is 5.27 Å². The molecule has 0 amide bonds. The van der Waals surface area contributed by atoms with Gasteiger partial charge in [0.25, 0.3) is 6.20 Å². The Kier molecular flexibility index (Phi) is 4.10. The highest BCUT2D eigenvalue weighted by molar-refractivity contribution is 5.13. The second kappa shape index (κ2) is 6.00. The molecule has 2 aromatic rings. The normalized spacial score (nSPS) is 10.6. The molecule has 0 aliphatic carbocycles. The van der Waals surface area contributed by atoms with E-state index in [4.69, 9.17) is 9.26 Å². The van der Waals surface area contributed by atoms with Gasteiger partial charge in [-0.3, -0.25) is 0 Å². The van der Waals surface area contributed by atoms with Crippen LogP contribution in [0.25, 0.3) is 0 Å². The van der Waals surface area contributed by atoms with Crippen LogP contribution in [0.3, 0.4) is 0 Å². The fourth-order valence-electron chi connectivity index (χ4n) is 1.49. The van der Waals surface area contributed by atoms with Gasteiger partial charge in [-0.25, -0.2) is 0 Å². The summed E-state index contributed by atoms with van der Waals surface area (Å²) in [6, 6.07) is 10.00. The maximum absolute atomic E-state index is 10.6. The van der Waals surface area contributed by atoms with Gasteiger partial charge in [-0.05, 0) is 16.8 Å². The standard InChI is InChI=1S/C12H14N2O3/c15-14-9-12(17-13-14)7-4-8-16-10-11-5-2-1-3-6-11/h1-3,5-6,9H,4,7-8,10H2. The first-order valence-electron chi connectivity index (χ1n) is 5.51. The van der Waals surface area contributed by atoms with E-state index in [0.29, 0.717) is 30.2 Å². The first-order valence-corrected chi connectivity index (χ1v) is 5.51. The molecular weight excluding hydrogens is 220 g/mol. The minimum Gasteiger partial charge on any atom is -0.592 e. The molecule has 0 atom stereocenters. The van der Waals surface area contributed by atoms with Gasteiger partial charge in [0.2, 0.25) is 11.0 Å². The van der Waals surface area contributed by atoms with E-state index >= 15 is 0 Å². The van der Waals surface area contributed by atoms with Crippen molar-refractivity contribution in [3.63, 3.8) is 0 Å². The lowest BCUT2D eigenvalue weighted by Gasteiger charge is -2.02. The third-order valence-electron chi connectivity index (χ3n) is 2.32. The van der Waals surface area contributed by atoms with Gasteiger partial charge in [-0.1, -0.05) is 30.3 Å². The van der Waals surface area contributed by atoms with Gasteiger partial charge in [0.15, 0.2) is 0 Å². The highest BCUT2D eigenvalue weighted by atomic mass is 16.6. The highest BCUT2D eigenvalue weighted by Gasteiger charge is 2.04. The SMILES string of the molecule is [O-][n+]1cc(CCCOCc2ccccc2)on1. The van der Waals surface area contributed by atoms with Gasteiger partial charge >= 0.3 is 0 Å². The van der Waals surface area contributed by atoms with Crippen molar-refractivity contribution in [2.75, 3.05) is 6.61 Å². The molecule has 17 heavy (non-hydrogen) atoms. The molecule has 0 spiro atoms. The maximum atomic E-state index is 10.6. The first kappa shape index (κ1) is 11.6. The minimum atomic E-state index is 0.417. The number of hydrogen-bond donors (Lipinski definition) is 0. The Hall–Kier alpha value is -1.88. The van der Waals surface area contributed by atoms with Crippen LogP contribution in [0.5, 0.6) is 0 Å². The van der Waals surface area contributed by atoms with Crippen LogP contribution in [0.15, 0.2) is 41.1 Å². The van der Waals surface area contributed by atoms with Crippen molar-refractivity contribution in [1.29, 1.82) is 0 Å². The summed E-state index contributed by atoms with van der Waals surface area (Å²) in [5.41, 5.74) is 1.16. The molecule has 0 fully saturated rings. The fourth-order valence-corrected chi connectivity index (χ4v) is 1.49. The van der Waals surface area contributed by atoms with Crippen LogP contribution in [0.4, 0.5) is 0 Å². The molecule has 5 heteroatoms. The third kappa shape index (κ3) is 3.88. The van der Waals surface area contributed by atoms with Crippen LogP contribution in [0.2, 0.25) is 0 Å². The van der Waals surface area contributed by atoms with E-state index in [1.165, 1.54) is 6.20 Å². The molecule has 0 saturated heterocycles. The Balaban J connectivity index is 1.61. The molecule has 0 saturated carbocycles. The van der Waals surface area contributed by atoms with Gasteiger partial charge in [0, 0.05) is 13.0 Å². The Morgan fingerprint density at radius 3 is 2.82 bits per heavy atom. The summed E-state index contributed by atoms with van der Waals surface area (Å²) in [5.74, 6) is 0.586.